The Labute approximate surface area is 124 Å². The zero-order valence-corrected chi connectivity index (χ0v) is 13.5. The number of hydrogen-bond donors (Lipinski definition) is 1. The monoisotopic (exact) mass is 317 g/mol. The van der Waals surface area contributed by atoms with Crippen LogP contribution >= 0.6 is 15.9 Å². The second-order valence-corrected chi connectivity index (χ2v) is 6.11. The lowest BCUT2D eigenvalue weighted by Crippen LogP contribution is -2.07. The summed E-state index contributed by atoms with van der Waals surface area (Å²) in [5, 5.41) is 3.55. The highest BCUT2D eigenvalue weighted by molar-refractivity contribution is 9.10. The highest BCUT2D eigenvalue weighted by Gasteiger charge is 2.07. The van der Waals surface area contributed by atoms with Crippen LogP contribution in [0.3, 0.4) is 0 Å². The first-order valence-corrected chi connectivity index (χ1v) is 7.36. The molecule has 0 saturated carbocycles. The van der Waals surface area contributed by atoms with Gasteiger partial charge in [0.15, 0.2) is 0 Å². The number of aryl methyl sites for hydroxylation is 3. The van der Waals surface area contributed by atoms with E-state index in [1.165, 1.54) is 22.3 Å². The van der Waals surface area contributed by atoms with Gasteiger partial charge in [-0.05, 0) is 51.0 Å². The van der Waals surface area contributed by atoms with E-state index in [4.69, 9.17) is 0 Å². The van der Waals surface area contributed by atoms with Gasteiger partial charge in [0.1, 0.15) is 0 Å². The highest BCUT2D eigenvalue weighted by Crippen LogP contribution is 2.25. The highest BCUT2D eigenvalue weighted by atomic mass is 79.9. The minimum atomic E-state index is 0.299. The largest absolute Gasteiger partial charge is 0.378 e. The van der Waals surface area contributed by atoms with Gasteiger partial charge in [0.25, 0.3) is 0 Å². The molecule has 0 bridgehead atoms. The average molecular weight is 318 g/mol. The molecular weight excluding hydrogens is 298 g/mol. The Morgan fingerprint density at radius 1 is 0.947 bits per heavy atom. The number of rotatable bonds is 3. The summed E-state index contributed by atoms with van der Waals surface area (Å²) < 4.78 is 1.14. The number of nitrogens with one attached hydrogen (secondary N) is 1. The predicted molar refractivity (Wildman–Crippen MR) is 86.8 cm³/mol. The molecule has 100 valence electrons. The predicted octanol–water partition coefficient (Wildman–Crippen LogP) is 5.55. The van der Waals surface area contributed by atoms with Crippen molar-refractivity contribution in [2.45, 2.75) is 33.7 Å². The van der Waals surface area contributed by atoms with E-state index in [2.05, 4.69) is 85.3 Å². The Kier molecular flexibility index (Phi) is 4.31. The normalized spacial score (nSPS) is 12.3. The Morgan fingerprint density at radius 2 is 1.58 bits per heavy atom. The summed E-state index contributed by atoms with van der Waals surface area (Å²) in [6.45, 7) is 8.58. The van der Waals surface area contributed by atoms with Crippen molar-refractivity contribution in [2.24, 2.45) is 0 Å². The van der Waals surface area contributed by atoms with Crippen LogP contribution in [0, 0.1) is 20.8 Å². The molecule has 0 aliphatic heterocycles. The number of halogens is 1. The number of hydrogen-bond acceptors (Lipinski definition) is 1. The van der Waals surface area contributed by atoms with Crippen LogP contribution < -0.4 is 5.32 Å². The maximum absolute atomic E-state index is 3.58. The number of anilines is 1. The van der Waals surface area contributed by atoms with Crippen LogP contribution in [0.15, 0.2) is 40.9 Å². The molecule has 0 aromatic heterocycles. The van der Waals surface area contributed by atoms with Gasteiger partial charge in [-0.15, -0.1) is 0 Å². The average Bonchev–Trinajstić information content (AvgIpc) is 2.32. The lowest BCUT2D eigenvalue weighted by Gasteiger charge is -2.17. The Morgan fingerprint density at radius 3 is 2.16 bits per heavy atom. The molecular formula is C17H20BrN. The van der Waals surface area contributed by atoms with E-state index in [0.717, 1.165) is 10.2 Å². The molecule has 1 nitrogen and oxygen atoms in total. The second kappa shape index (κ2) is 5.79. The van der Waals surface area contributed by atoms with Crippen LogP contribution in [-0.4, -0.2) is 0 Å². The lowest BCUT2D eigenvalue weighted by atomic mass is 10.0. The summed E-state index contributed by atoms with van der Waals surface area (Å²) in [4.78, 5) is 0. The third-order valence-corrected chi connectivity index (χ3v) is 4.15. The van der Waals surface area contributed by atoms with Crippen molar-refractivity contribution in [2.75, 3.05) is 5.32 Å². The van der Waals surface area contributed by atoms with E-state index in [9.17, 15) is 0 Å². The van der Waals surface area contributed by atoms with Crippen LogP contribution in [0.5, 0.6) is 0 Å². The van der Waals surface area contributed by atoms with Crippen LogP contribution in [0.2, 0.25) is 0 Å². The van der Waals surface area contributed by atoms with E-state index < -0.39 is 0 Å². The third kappa shape index (κ3) is 3.60. The lowest BCUT2D eigenvalue weighted by molar-refractivity contribution is 0.880. The fraction of sp³-hybridized carbons (Fsp3) is 0.294. The first-order valence-electron chi connectivity index (χ1n) is 6.56. The molecule has 0 spiro atoms. The van der Waals surface area contributed by atoms with Crippen molar-refractivity contribution in [1.82, 2.24) is 0 Å². The van der Waals surface area contributed by atoms with Gasteiger partial charge in [0.2, 0.25) is 0 Å². The minimum Gasteiger partial charge on any atom is -0.378 e. The molecule has 0 fully saturated rings. The van der Waals surface area contributed by atoms with E-state index in [-0.39, 0.29) is 0 Å². The van der Waals surface area contributed by atoms with E-state index in [1.807, 2.05) is 0 Å². The van der Waals surface area contributed by atoms with Crippen LogP contribution in [-0.2, 0) is 0 Å². The molecule has 2 aromatic rings. The zero-order chi connectivity index (χ0) is 14.0. The molecule has 1 N–H and O–H groups in total. The van der Waals surface area contributed by atoms with Crippen molar-refractivity contribution in [1.29, 1.82) is 0 Å². The van der Waals surface area contributed by atoms with Gasteiger partial charge in [-0.3, -0.25) is 0 Å². The zero-order valence-electron chi connectivity index (χ0n) is 11.9. The standard InChI is InChI=1S/C17H20BrN/c1-11-7-12(2)9-15(8-11)14(4)19-16-6-5-13(3)17(18)10-16/h5-10,14,19H,1-4H3. The summed E-state index contributed by atoms with van der Waals surface area (Å²) in [7, 11) is 0. The maximum atomic E-state index is 3.58. The third-order valence-electron chi connectivity index (χ3n) is 3.30. The van der Waals surface area contributed by atoms with E-state index in [1.54, 1.807) is 0 Å². The smallest absolute Gasteiger partial charge is 0.0485 e. The van der Waals surface area contributed by atoms with Gasteiger partial charge < -0.3 is 5.32 Å². The van der Waals surface area contributed by atoms with Crippen molar-refractivity contribution in [3.05, 3.63) is 63.1 Å². The first-order chi connectivity index (χ1) is 8.95. The Bertz CT molecular complexity index is 570. The molecule has 1 unspecified atom stereocenters. The van der Waals surface area contributed by atoms with Gasteiger partial charge in [0, 0.05) is 16.2 Å². The molecule has 0 heterocycles. The number of benzene rings is 2. The second-order valence-electron chi connectivity index (χ2n) is 5.25. The summed E-state index contributed by atoms with van der Waals surface area (Å²) >= 11 is 3.58. The van der Waals surface area contributed by atoms with Crippen LogP contribution in [0.25, 0.3) is 0 Å². The van der Waals surface area contributed by atoms with Crippen LogP contribution in [0.1, 0.15) is 35.2 Å². The Hall–Kier alpha value is -1.28. The SMILES string of the molecule is Cc1cc(C)cc(C(C)Nc2ccc(C)c(Br)c2)c1. The molecule has 19 heavy (non-hydrogen) atoms. The molecule has 1 atom stereocenters. The van der Waals surface area contributed by atoms with Gasteiger partial charge in [-0.1, -0.05) is 51.3 Å². The molecule has 2 heteroatoms. The van der Waals surface area contributed by atoms with Gasteiger partial charge >= 0.3 is 0 Å². The fourth-order valence-corrected chi connectivity index (χ4v) is 2.65. The summed E-state index contributed by atoms with van der Waals surface area (Å²) in [6.07, 6.45) is 0. The summed E-state index contributed by atoms with van der Waals surface area (Å²) in [6, 6.07) is 13.4. The van der Waals surface area contributed by atoms with Crippen molar-refractivity contribution in [3.63, 3.8) is 0 Å². The van der Waals surface area contributed by atoms with Gasteiger partial charge in [0.05, 0.1) is 0 Å². The van der Waals surface area contributed by atoms with Crippen molar-refractivity contribution in [3.8, 4) is 0 Å². The molecule has 0 aliphatic rings. The topological polar surface area (TPSA) is 12.0 Å². The molecule has 2 rings (SSSR count). The van der Waals surface area contributed by atoms with Crippen molar-refractivity contribution >= 4 is 21.6 Å². The summed E-state index contributed by atoms with van der Waals surface area (Å²) in [5.41, 5.74) is 6.35. The van der Waals surface area contributed by atoms with E-state index >= 15 is 0 Å². The van der Waals surface area contributed by atoms with Gasteiger partial charge in [-0.2, -0.15) is 0 Å². The molecule has 2 aromatic carbocycles. The quantitative estimate of drug-likeness (QED) is 0.782. The Balaban J connectivity index is 2.20. The van der Waals surface area contributed by atoms with Crippen molar-refractivity contribution < 1.29 is 0 Å². The molecule has 0 aliphatic carbocycles. The summed E-state index contributed by atoms with van der Waals surface area (Å²) in [5.74, 6) is 0. The molecule has 0 radical (unpaired) electrons. The fourth-order valence-electron chi connectivity index (χ4n) is 2.28. The van der Waals surface area contributed by atoms with Crippen LogP contribution in [0.4, 0.5) is 5.69 Å². The minimum absolute atomic E-state index is 0.299. The van der Waals surface area contributed by atoms with Gasteiger partial charge in [-0.25, -0.2) is 0 Å². The molecule has 0 saturated heterocycles. The van der Waals surface area contributed by atoms with E-state index in [0.29, 0.717) is 6.04 Å². The maximum Gasteiger partial charge on any atom is 0.0485 e. The molecule has 0 amide bonds. The first kappa shape index (κ1) is 14.1.